The van der Waals surface area contributed by atoms with Crippen molar-refractivity contribution in [3.05, 3.63) is 0 Å². The number of carbonyl (C=O) groups is 1. The second-order valence-electron chi connectivity index (χ2n) is 5.38. The van der Waals surface area contributed by atoms with Crippen LogP contribution in [0.4, 0.5) is 0 Å². The summed E-state index contributed by atoms with van der Waals surface area (Å²) in [6.07, 6.45) is 9.74. The fourth-order valence-corrected chi connectivity index (χ4v) is 3.24. The van der Waals surface area contributed by atoms with Crippen LogP contribution in [0, 0.1) is 11.8 Å². The molecule has 2 saturated carbocycles. The molecule has 0 aliphatic heterocycles. The molecule has 0 spiro atoms. The lowest BCUT2D eigenvalue weighted by Gasteiger charge is -2.21. The van der Waals surface area contributed by atoms with Crippen LogP contribution in [0.2, 0.25) is 0 Å². The molecule has 0 aromatic heterocycles. The largest absolute Gasteiger partial charge is 0.481 e. The molecule has 2 fully saturated rings. The molecular formula is C13H23NO2. The summed E-state index contributed by atoms with van der Waals surface area (Å²) in [5.74, 6) is -0.327. The molecule has 0 bridgehead atoms. The first-order chi connectivity index (χ1) is 7.77. The van der Waals surface area contributed by atoms with Gasteiger partial charge in [0.25, 0.3) is 0 Å². The van der Waals surface area contributed by atoms with Crippen LogP contribution in [0.5, 0.6) is 0 Å². The third-order valence-electron chi connectivity index (χ3n) is 4.27. The van der Waals surface area contributed by atoms with E-state index in [0.717, 1.165) is 12.8 Å². The number of rotatable bonds is 5. The van der Waals surface area contributed by atoms with E-state index in [4.69, 9.17) is 0 Å². The Bertz CT molecular complexity index is 230. The van der Waals surface area contributed by atoms with Crippen LogP contribution < -0.4 is 5.32 Å². The van der Waals surface area contributed by atoms with E-state index in [1.807, 2.05) is 0 Å². The van der Waals surface area contributed by atoms with Crippen LogP contribution in [0.15, 0.2) is 0 Å². The van der Waals surface area contributed by atoms with Crippen LogP contribution in [0.1, 0.15) is 51.4 Å². The van der Waals surface area contributed by atoms with Gasteiger partial charge in [-0.2, -0.15) is 0 Å². The highest BCUT2D eigenvalue weighted by Crippen LogP contribution is 2.31. The lowest BCUT2D eigenvalue weighted by Crippen LogP contribution is -2.37. The third-order valence-corrected chi connectivity index (χ3v) is 4.27. The van der Waals surface area contributed by atoms with Crippen LogP contribution >= 0.6 is 0 Å². The highest BCUT2D eigenvalue weighted by atomic mass is 16.4. The van der Waals surface area contributed by atoms with E-state index in [0.29, 0.717) is 18.5 Å². The van der Waals surface area contributed by atoms with Crippen LogP contribution in [-0.2, 0) is 4.79 Å². The minimum absolute atomic E-state index is 0.150. The Morgan fingerprint density at radius 1 is 1.12 bits per heavy atom. The van der Waals surface area contributed by atoms with E-state index >= 15 is 0 Å². The van der Waals surface area contributed by atoms with Crippen molar-refractivity contribution in [1.29, 1.82) is 0 Å². The molecule has 3 heteroatoms. The monoisotopic (exact) mass is 225 g/mol. The molecule has 0 saturated heterocycles. The van der Waals surface area contributed by atoms with Crippen LogP contribution in [-0.4, -0.2) is 23.7 Å². The predicted octanol–water partition coefficient (Wildman–Crippen LogP) is 2.41. The molecule has 2 N–H and O–H groups in total. The maximum absolute atomic E-state index is 11.3. The molecule has 2 aliphatic rings. The zero-order valence-corrected chi connectivity index (χ0v) is 9.95. The van der Waals surface area contributed by atoms with Gasteiger partial charge < -0.3 is 10.4 Å². The van der Waals surface area contributed by atoms with Crippen molar-refractivity contribution >= 4 is 5.97 Å². The lowest BCUT2D eigenvalue weighted by molar-refractivity contribution is -0.143. The van der Waals surface area contributed by atoms with E-state index in [-0.39, 0.29) is 5.92 Å². The fraction of sp³-hybridized carbons (Fsp3) is 0.923. The standard InChI is InChI=1S/C13H23NO2/c15-13(16)12(10-5-1-2-6-10)9-14-11-7-3-4-8-11/h10-12,14H,1-9H2,(H,15,16). The SMILES string of the molecule is O=C(O)C(CNC1CCCC1)C1CCCC1. The Morgan fingerprint density at radius 2 is 1.69 bits per heavy atom. The zero-order valence-electron chi connectivity index (χ0n) is 9.95. The van der Waals surface area contributed by atoms with Gasteiger partial charge in [0.05, 0.1) is 5.92 Å². The van der Waals surface area contributed by atoms with Gasteiger partial charge >= 0.3 is 5.97 Å². The maximum atomic E-state index is 11.3. The summed E-state index contributed by atoms with van der Waals surface area (Å²) in [4.78, 5) is 11.3. The van der Waals surface area contributed by atoms with E-state index < -0.39 is 5.97 Å². The first-order valence-corrected chi connectivity index (χ1v) is 6.73. The average molecular weight is 225 g/mol. The molecule has 0 amide bonds. The Hall–Kier alpha value is -0.570. The van der Waals surface area contributed by atoms with Gasteiger partial charge in [-0.15, -0.1) is 0 Å². The topological polar surface area (TPSA) is 49.3 Å². The number of hydrogen-bond acceptors (Lipinski definition) is 2. The minimum atomic E-state index is -0.600. The normalized spacial score (nSPS) is 25.0. The Balaban J connectivity index is 1.79. The van der Waals surface area contributed by atoms with Crippen molar-refractivity contribution in [3.8, 4) is 0 Å². The lowest BCUT2D eigenvalue weighted by atomic mass is 9.90. The molecule has 0 heterocycles. The van der Waals surface area contributed by atoms with Gasteiger partial charge in [-0.05, 0) is 31.6 Å². The van der Waals surface area contributed by atoms with Crippen molar-refractivity contribution in [2.75, 3.05) is 6.54 Å². The summed E-state index contributed by atoms with van der Waals surface area (Å²) in [7, 11) is 0. The van der Waals surface area contributed by atoms with Crippen molar-refractivity contribution < 1.29 is 9.90 Å². The first-order valence-electron chi connectivity index (χ1n) is 6.73. The van der Waals surface area contributed by atoms with Crippen molar-refractivity contribution in [1.82, 2.24) is 5.32 Å². The Morgan fingerprint density at radius 3 is 2.25 bits per heavy atom. The summed E-state index contributed by atoms with van der Waals surface area (Å²) in [6.45, 7) is 0.685. The van der Waals surface area contributed by atoms with Gasteiger partial charge in [-0.3, -0.25) is 4.79 Å². The molecule has 1 unspecified atom stereocenters. The average Bonchev–Trinajstić information content (AvgIpc) is 2.88. The summed E-state index contributed by atoms with van der Waals surface area (Å²) in [5.41, 5.74) is 0. The molecular weight excluding hydrogens is 202 g/mol. The minimum Gasteiger partial charge on any atom is -0.481 e. The van der Waals surface area contributed by atoms with Crippen molar-refractivity contribution in [3.63, 3.8) is 0 Å². The second-order valence-corrected chi connectivity index (χ2v) is 5.38. The maximum Gasteiger partial charge on any atom is 0.308 e. The smallest absolute Gasteiger partial charge is 0.308 e. The van der Waals surface area contributed by atoms with Crippen molar-refractivity contribution in [2.24, 2.45) is 11.8 Å². The number of carboxylic acid groups (broad SMARTS) is 1. The van der Waals surface area contributed by atoms with Gasteiger partial charge in [0.15, 0.2) is 0 Å². The van der Waals surface area contributed by atoms with E-state index in [2.05, 4.69) is 5.32 Å². The van der Waals surface area contributed by atoms with Crippen LogP contribution in [0.25, 0.3) is 0 Å². The van der Waals surface area contributed by atoms with Crippen molar-refractivity contribution in [2.45, 2.75) is 57.4 Å². The van der Waals surface area contributed by atoms with Gasteiger partial charge in [0, 0.05) is 12.6 Å². The van der Waals surface area contributed by atoms with Gasteiger partial charge in [0.2, 0.25) is 0 Å². The van der Waals surface area contributed by atoms with E-state index in [1.54, 1.807) is 0 Å². The quantitative estimate of drug-likeness (QED) is 0.755. The highest BCUT2D eigenvalue weighted by molar-refractivity contribution is 5.70. The summed E-state index contributed by atoms with van der Waals surface area (Å²) in [6, 6.07) is 0.586. The molecule has 16 heavy (non-hydrogen) atoms. The summed E-state index contributed by atoms with van der Waals surface area (Å²) in [5, 5.41) is 12.7. The van der Waals surface area contributed by atoms with E-state index in [9.17, 15) is 9.90 Å². The molecule has 2 aliphatic carbocycles. The van der Waals surface area contributed by atoms with Crippen LogP contribution in [0.3, 0.4) is 0 Å². The van der Waals surface area contributed by atoms with Gasteiger partial charge in [-0.1, -0.05) is 25.7 Å². The molecule has 0 radical (unpaired) electrons. The predicted molar refractivity (Wildman–Crippen MR) is 63.3 cm³/mol. The third kappa shape index (κ3) is 2.97. The number of nitrogens with one attached hydrogen (secondary N) is 1. The molecule has 0 aromatic carbocycles. The molecule has 92 valence electrons. The number of carboxylic acids is 1. The fourth-order valence-electron chi connectivity index (χ4n) is 3.24. The molecule has 3 nitrogen and oxygen atoms in total. The van der Waals surface area contributed by atoms with Gasteiger partial charge in [-0.25, -0.2) is 0 Å². The molecule has 2 rings (SSSR count). The second kappa shape index (κ2) is 5.67. The van der Waals surface area contributed by atoms with E-state index in [1.165, 1.54) is 38.5 Å². The summed E-state index contributed by atoms with van der Waals surface area (Å²) < 4.78 is 0. The van der Waals surface area contributed by atoms with Gasteiger partial charge in [0.1, 0.15) is 0 Å². The molecule has 1 atom stereocenters. The highest BCUT2D eigenvalue weighted by Gasteiger charge is 2.30. The number of hydrogen-bond donors (Lipinski definition) is 2. The summed E-state index contributed by atoms with van der Waals surface area (Å²) >= 11 is 0. The number of aliphatic carboxylic acids is 1. The Kier molecular flexibility index (Phi) is 4.22. The zero-order chi connectivity index (χ0) is 11.4. The first kappa shape index (κ1) is 11.9. The molecule has 0 aromatic rings. The Labute approximate surface area is 97.6 Å².